The number of thioether (sulfide) groups is 1. The van der Waals surface area contributed by atoms with Crippen LogP contribution in [0.15, 0.2) is 58.8 Å². The number of amides is 1. The number of hydrogen-bond donors (Lipinski definition) is 1. The largest absolute Gasteiger partial charge is 0.378 e. The van der Waals surface area contributed by atoms with Gasteiger partial charge in [0.15, 0.2) is 11.0 Å². The fourth-order valence-electron chi connectivity index (χ4n) is 2.80. The second-order valence-corrected chi connectivity index (χ2v) is 7.93. The number of nitrogens with zero attached hydrogens (tertiary/aromatic N) is 5. The predicted octanol–water partition coefficient (Wildman–Crippen LogP) is 3.58. The fourth-order valence-corrected chi connectivity index (χ4v) is 3.59. The lowest BCUT2D eigenvalue weighted by atomic mass is 10.1. The smallest absolute Gasteiger partial charge is 0.250 e. The zero-order chi connectivity index (χ0) is 21.5. The first-order valence-electron chi connectivity index (χ1n) is 9.70. The maximum atomic E-state index is 12.2. The zero-order valence-corrected chi connectivity index (χ0v) is 18.5. The molecule has 0 bridgehead atoms. The Morgan fingerprint density at radius 3 is 2.47 bits per heavy atom. The van der Waals surface area contributed by atoms with Crippen LogP contribution in [0.3, 0.4) is 0 Å². The third-order valence-corrected chi connectivity index (χ3v) is 5.45. The van der Waals surface area contributed by atoms with Crippen molar-refractivity contribution < 1.29 is 4.79 Å². The van der Waals surface area contributed by atoms with Gasteiger partial charge in [-0.1, -0.05) is 53.7 Å². The summed E-state index contributed by atoms with van der Waals surface area (Å²) in [6.45, 7) is 4.81. The van der Waals surface area contributed by atoms with Gasteiger partial charge in [-0.05, 0) is 31.5 Å². The van der Waals surface area contributed by atoms with Crippen LogP contribution < -0.4 is 10.3 Å². The third kappa shape index (κ3) is 5.48. The number of aryl methyl sites for hydroxylation is 1. The summed E-state index contributed by atoms with van der Waals surface area (Å²) < 4.78 is 2.01. The van der Waals surface area contributed by atoms with E-state index >= 15 is 0 Å². The van der Waals surface area contributed by atoms with E-state index in [2.05, 4.69) is 39.8 Å². The van der Waals surface area contributed by atoms with Crippen LogP contribution in [0.2, 0.25) is 0 Å². The van der Waals surface area contributed by atoms with Crippen molar-refractivity contribution in [3.63, 3.8) is 0 Å². The van der Waals surface area contributed by atoms with Gasteiger partial charge in [0.1, 0.15) is 0 Å². The van der Waals surface area contributed by atoms with E-state index in [4.69, 9.17) is 0 Å². The average molecular weight is 423 g/mol. The van der Waals surface area contributed by atoms with Gasteiger partial charge in [0.25, 0.3) is 5.91 Å². The van der Waals surface area contributed by atoms with Crippen molar-refractivity contribution in [3.05, 3.63) is 59.7 Å². The molecule has 0 unspecified atom stereocenters. The Balaban J connectivity index is 1.56. The first-order chi connectivity index (χ1) is 14.5. The van der Waals surface area contributed by atoms with Crippen LogP contribution in [0.25, 0.3) is 11.4 Å². The molecule has 1 N–H and O–H groups in total. The van der Waals surface area contributed by atoms with Gasteiger partial charge in [0.05, 0.1) is 12.0 Å². The highest BCUT2D eigenvalue weighted by Crippen LogP contribution is 2.24. The lowest BCUT2D eigenvalue weighted by Gasteiger charge is -2.11. The number of hydrogen-bond acceptors (Lipinski definition) is 6. The van der Waals surface area contributed by atoms with E-state index in [1.807, 2.05) is 66.9 Å². The van der Waals surface area contributed by atoms with Crippen LogP contribution in [0.4, 0.5) is 5.69 Å². The highest BCUT2D eigenvalue weighted by molar-refractivity contribution is 7.99. The minimum atomic E-state index is -0.191. The number of carbonyl (C=O) groups excluding carboxylic acids is 1. The van der Waals surface area contributed by atoms with E-state index in [-0.39, 0.29) is 11.7 Å². The first kappa shape index (κ1) is 21.6. The van der Waals surface area contributed by atoms with E-state index in [0.29, 0.717) is 5.16 Å². The maximum Gasteiger partial charge on any atom is 0.250 e. The van der Waals surface area contributed by atoms with Crippen LogP contribution in [-0.4, -0.2) is 46.7 Å². The summed E-state index contributed by atoms with van der Waals surface area (Å²) in [5.41, 5.74) is 6.80. The minimum absolute atomic E-state index is 0.191. The molecule has 156 valence electrons. The van der Waals surface area contributed by atoms with Crippen LogP contribution in [0.1, 0.15) is 18.1 Å². The molecule has 0 saturated carbocycles. The molecule has 1 amide bonds. The molecule has 30 heavy (non-hydrogen) atoms. The number of benzene rings is 2. The average Bonchev–Trinajstić information content (AvgIpc) is 3.16. The summed E-state index contributed by atoms with van der Waals surface area (Å²) in [6.07, 6.45) is 1.63. The van der Waals surface area contributed by atoms with E-state index in [1.165, 1.54) is 17.3 Å². The second-order valence-electron chi connectivity index (χ2n) is 6.98. The van der Waals surface area contributed by atoms with Crippen molar-refractivity contribution in [2.24, 2.45) is 5.10 Å². The molecule has 2 aromatic carbocycles. The predicted molar refractivity (Wildman–Crippen MR) is 123 cm³/mol. The van der Waals surface area contributed by atoms with Gasteiger partial charge >= 0.3 is 0 Å². The summed E-state index contributed by atoms with van der Waals surface area (Å²) in [5.74, 6) is 0.825. The second kappa shape index (κ2) is 10.1. The molecule has 8 heteroatoms. The van der Waals surface area contributed by atoms with Gasteiger partial charge in [-0.3, -0.25) is 4.79 Å². The van der Waals surface area contributed by atoms with E-state index in [9.17, 15) is 4.79 Å². The van der Waals surface area contributed by atoms with Gasteiger partial charge in [-0.15, -0.1) is 10.2 Å². The van der Waals surface area contributed by atoms with Gasteiger partial charge < -0.3 is 9.47 Å². The molecule has 0 spiro atoms. The highest BCUT2D eigenvalue weighted by Gasteiger charge is 2.14. The molecule has 1 heterocycles. The summed E-state index contributed by atoms with van der Waals surface area (Å²) in [5, 5.41) is 13.3. The van der Waals surface area contributed by atoms with Crippen molar-refractivity contribution >= 4 is 29.6 Å². The first-order valence-corrected chi connectivity index (χ1v) is 10.7. The van der Waals surface area contributed by atoms with Crippen molar-refractivity contribution in [3.8, 4) is 11.4 Å². The molecule has 0 atom stereocenters. The number of anilines is 1. The van der Waals surface area contributed by atoms with Crippen LogP contribution >= 0.6 is 11.8 Å². The Morgan fingerprint density at radius 1 is 1.13 bits per heavy atom. The summed E-state index contributed by atoms with van der Waals surface area (Å²) >= 11 is 1.35. The Bertz CT molecular complexity index is 1010. The van der Waals surface area contributed by atoms with E-state index in [1.54, 1.807) is 6.21 Å². The Morgan fingerprint density at radius 2 is 1.83 bits per heavy atom. The fraction of sp³-hybridized carbons (Fsp3) is 0.273. The molecule has 3 aromatic rings. The van der Waals surface area contributed by atoms with Gasteiger partial charge in [0, 0.05) is 31.9 Å². The van der Waals surface area contributed by atoms with Crippen molar-refractivity contribution in [2.75, 3.05) is 24.7 Å². The van der Waals surface area contributed by atoms with Crippen molar-refractivity contribution in [1.29, 1.82) is 0 Å². The third-order valence-electron chi connectivity index (χ3n) is 4.49. The number of aromatic nitrogens is 3. The minimum Gasteiger partial charge on any atom is -0.378 e. The molecule has 1 aromatic heterocycles. The Labute approximate surface area is 181 Å². The van der Waals surface area contributed by atoms with Gasteiger partial charge in [-0.2, -0.15) is 5.10 Å². The van der Waals surface area contributed by atoms with Crippen molar-refractivity contribution in [1.82, 2.24) is 20.2 Å². The van der Waals surface area contributed by atoms with Crippen molar-refractivity contribution in [2.45, 2.75) is 25.5 Å². The molecule has 0 aliphatic rings. The molecule has 3 rings (SSSR count). The summed E-state index contributed by atoms with van der Waals surface area (Å²) in [6, 6.07) is 16.1. The molecule has 0 aliphatic carbocycles. The zero-order valence-electron chi connectivity index (χ0n) is 17.7. The van der Waals surface area contributed by atoms with Gasteiger partial charge in [0.2, 0.25) is 0 Å². The Kier molecular flexibility index (Phi) is 7.24. The molecule has 7 nitrogen and oxygen atoms in total. The SMILES string of the molecule is CCn1c(SCC(=O)N/N=C\c2ccc(N(C)C)cc2)nnc1-c1ccc(C)cc1. The normalized spacial score (nSPS) is 11.1. The molecule has 0 radical (unpaired) electrons. The Hall–Kier alpha value is -3.13. The number of hydrazone groups is 1. The quantitative estimate of drug-likeness (QED) is 0.341. The van der Waals surface area contributed by atoms with Crippen LogP contribution in [-0.2, 0) is 11.3 Å². The monoisotopic (exact) mass is 422 g/mol. The standard InChI is InChI=1S/C22H26N6OS/c1-5-28-21(18-10-6-16(2)7-11-18)25-26-22(28)30-15-20(29)24-23-14-17-8-12-19(13-9-17)27(3)4/h6-14H,5,15H2,1-4H3,(H,24,29)/b23-14-. The molecule has 0 saturated heterocycles. The molecule has 0 aliphatic heterocycles. The number of carbonyl (C=O) groups is 1. The number of nitrogens with one attached hydrogen (secondary N) is 1. The molecular formula is C22H26N6OS. The van der Waals surface area contributed by atoms with Gasteiger partial charge in [-0.25, -0.2) is 5.43 Å². The topological polar surface area (TPSA) is 75.4 Å². The van der Waals surface area contributed by atoms with E-state index < -0.39 is 0 Å². The lowest BCUT2D eigenvalue weighted by Crippen LogP contribution is -2.20. The van der Waals surface area contributed by atoms with Crippen LogP contribution in [0, 0.1) is 6.92 Å². The number of rotatable bonds is 8. The highest BCUT2D eigenvalue weighted by atomic mass is 32.2. The summed E-state index contributed by atoms with van der Waals surface area (Å²) in [7, 11) is 3.98. The molecular weight excluding hydrogens is 396 g/mol. The van der Waals surface area contributed by atoms with Crippen LogP contribution in [0.5, 0.6) is 0 Å². The van der Waals surface area contributed by atoms with E-state index in [0.717, 1.165) is 29.2 Å². The lowest BCUT2D eigenvalue weighted by molar-refractivity contribution is -0.118. The summed E-state index contributed by atoms with van der Waals surface area (Å²) in [4.78, 5) is 14.2. The maximum absolute atomic E-state index is 12.2. The molecule has 0 fully saturated rings.